The lowest BCUT2D eigenvalue weighted by Crippen LogP contribution is -2.30. The molecule has 0 bridgehead atoms. The Morgan fingerprint density at radius 1 is 0.266 bits per heavy atom. The lowest BCUT2D eigenvalue weighted by atomic mass is 10.0. The molecule has 0 saturated heterocycles. The third kappa shape index (κ3) is 64.8. The Morgan fingerprint density at radius 3 is 0.810 bits per heavy atom. The normalized spacial score (nSPS) is 12.8. The van der Waals surface area contributed by atoms with Gasteiger partial charge in [-0.05, 0) is 109 Å². The zero-order valence-electron chi connectivity index (χ0n) is 51.9. The summed E-state index contributed by atoms with van der Waals surface area (Å²) >= 11 is 0. The van der Waals surface area contributed by atoms with Gasteiger partial charge in [0.2, 0.25) is 0 Å². The summed E-state index contributed by atoms with van der Waals surface area (Å²) in [5.41, 5.74) is 0. The largest absolute Gasteiger partial charge is 0.462 e. The van der Waals surface area contributed by atoms with Crippen LogP contribution in [0.4, 0.5) is 0 Å². The van der Waals surface area contributed by atoms with Crippen molar-refractivity contribution in [3.63, 3.8) is 0 Å². The van der Waals surface area contributed by atoms with Gasteiger partial charge in [-0.3, -0.25) is 14.4 Å². The molecule has 0 aromatic rings. The predicted molar refractivity (Wildman–Crippen MR) is 343 cm³/mol. The van der Waals surface area contributed by atoms with Crippen molar-refractivity contribution in [3.8, 4) is 0 Å². The van der Waals surface area contributed by atoms with Crippen LogP contribution >= 0.6 is 0 Å². The molecule has 1 unspecified atom stereocenters. The Hall–Kier alpha value is -3.93. The summed E-state index contributed by atoms with van der Waals surface area (Å²) in [5.74, 6) is -0.928. The van der Waals surface area contributed by atoms with Crippen molar-refractivity contribution in [2.24, 2.45) is 0 Å². The quantitative estimate of drug-likeness (QED) is 0.0261. The molecule has 0 aromatic heterocycles. The van der Waals surface area contributed by atoms with Gasteiger partial charge in [-0.15, -0.1) is 0 Å². The first-order valence-electron chi connectivity index (χ1n) is 33.4. The molecule has 0 amide bonds. The summed E-state index contributed by atoms with van der Waals surface area (Å²) < 4.78 is 16.9. The van der Waals surface area contributed by atoms with Crippen LogP contribution in [0.25, 0.3) is 0 Å². The molecule has 0 aromatic carbocycles. The van der Waals surface area contributed by atoms with E-state index in [9.17, 15) is 14.4 Å². The number of hydrogen-bond donors (Lipinski definition) is 0. The highest BCUT2D eigenvalue weighted by atomic mass is 16.6. The van der Waals surface area contributed by atoms with Gasteiger partial charge in [-0.2, -0.15) is 0 Å². The van der Waals surface area contributed by atoms with Gasteiger partial charge < -0.3 is 14.2 Å². The molecule has 0 heterocycles. The molecule has 0 aliphatic heterocycles. The summed E-state index contributed by atoms with van der Waals surface area (Å²) in [7, 11) is 0. The van der Waals surface area contributed by atoms with Gasteiger partial charge in [-0.25, -0.2) is 0 Å². The Labute approximate surface area is 489 Å². The molecule has 0 N–H and O–H groups in total. The molecule has 1 atom stereocenters. The lowest BCUT2D eigenvalue weighted by molar-refractivity contribution is -0.167. The fourth-order valence-electron chi connectivity index (χ4n) is 9.28. The minimum Gasteiger partial charge on any atom is -0.462 e. The van der Waals surface area contributed by atoms with Gasteiger partial charge in [0.15, 0.2) is 6.10 Å². The van der Waals surface area contributed by atoms with E-state index in [4.69, 9.17) is 14.2 Å². The van der Waals surface area contributed by atoms with Gasteiger partial charge in [-0.1, -0.05) is 297 Å². The summed E-state index contributed by atoms with van der Waals surface area (Å²) in [4.78, 5) is 38.3. The van der Waals surface area contributed by atoms with Crippen LogP contribution in [0.15, 0.2) is 109 Å². The Balaban J connectivity index is 4.36. The molecule has 0 rings (SSSR count). The molecule has 79 heavy (non-hydrogen) atoms. The Bertz CT molecular complexity index is 1590. The summed E-state index contributed by atoms with van der Waals surface area (Å²) in [6, 6.07) is 0. The van der Waals surface area contributed by atoms with Gasteiger partial charge in [0.05, 0.1) is 0 Å². The molecule has 0 aliphatic carbocycles. The van der Waals surface area contributed by atoms with Crippen LogP contribution in [0.2, 0.25) is 0 Å². The van der Waals surface area contributed by atoms with Crippen molar-refractivity contribution < 1.29 is 28.6 Å². The SMILES string of the molecule is CC/C=C\C/C=C\C/C=C\C/C=C\C/C=C\C/C=C\C/C=C\C/C=C\CCCCC(=O)OCC(COC(=O)CCCCCCCCCCCCC)OC(=O)CCCCCCCCCCCCC/C=C\CCCCCCCCCC. The van der Waals surface area contributed by atoms with Crippen LogP contribution in [0.3, 0.4) is 0 Å². The molecule has 452 valence electrons. The summed E-state index contributed by atoms with van der Waals surface area (Å²) in [6.07, 6.45) is 91.1. The van der Waals surface area contributed by atoms with Crippen LogP contribution in [0.1, 0.15) is 316 Å². The molecule has 0 fully saturated rings. The van der Waals surface area contributed by atoms with Crippen molar-refractivity contribution in [2.45, 2.75) is 322 Å². The summed E-state index contributed by atoms with van der Waals surface area (Å²) in [6.45, 7) is 6.51. The Kier molecular flexibility index (Phi) is 63.3. The van der Waals surface area contributed by atoms with E-state index in [1.807, 2.05) is 0 Å². The van der Waals surface area contributed by atoms with Crippen LogP contribution in [0.5, 0.6) is 0 Å². The number of hydrogen-bond acceptors (Lipinski definition) is 6. The maximum atomic E-state index is 12.9. The molecule has 6 nitrogen and oxygen atoms in total. The van der Waals surface area contributed by atoms with E-state index in [1.54, 1.807) is 0 Å². The average Bonchev–Trinajstić information content (AvgIpc) is 3.45. The fourth-order valence-corrected chi connectivity index (χ4v) is 9.28. The minimum atomic E-state index is -0.797. The molecule has 0 spiro atoms. The molecule has 0 radical (unpaired) electrons. The predicted octanol–water partition coefficient (Wildman–Crippen LogP) is 23.0. The van der Waals surface area contributed by atoms with E-state index < -0.39 is 6.10 Å². The number of rotatable bonds is 60. The van der Waals surface area contributed by atoms with Crippen molar-refractivity contribution in [3.05, 3.63) is 109 Å². The maximum Gasteiger partial charge on any atom is 0.306 e. The van der Waals surface area contributed by atoms with E-state index in [1.165, 1.54) is 167 Å². The van der Waals surface area contributed by atoms with E-state index in [-0.39, 0.29) is 31.1 Å². The lowest BCUT2D eigenvalue weighted by Gasteiger charge is -2.18. The Morgan fingerprint density at radius 2 is 0.494 bits per heavy atom. The van der Waals surface area contributed by atoms with Crippen LogP contribution in [0, 0.1) is 0 Å². The van der Waals surface area contributed by atoms with Crippen LogP contribution in [-0.2, 0) is 28.6 Å². The second-order valence-electron chi connectivity index (χ2n) is 22.0. The molecule has 0 aliphatic rings. The van der Waals surface area contributed by atoms with Gasteiger partial charge in [0.1, 0.15) is 13.2 Å². The topological polar surface area (TPSA) is 78.9 Å². The van der Waals surface area contributed by atoms with E-state index in [2.05, 4.69) is 130 Å². The fraction of sp³-hybridized carbons (Fsp3) is 0.712. The smallest absolute Gasteiger partial charge is 0.306 e. The van der Waals surface area contributed by atoms with E-state index in [0.717, 1.165) is 109 Å². The number of ether oxygens (including phenoxy) is 3. The average molecular weight is 1100 g/mol. The first-order chi connectivity index (χ1) is 39.0. The summed E-state index contributed by atoms with van der Waals surface area (Å²) in [5, 5.41) is 0. The molecule has 0 saturated carbocycles. The first-order valence-corrected chi connectivity index (χ1v) is 33.4. The van der Waals surface area contributed by atoms with Gasteiger partial charge >= 0.3 is 17.9 Å². The highest BCUT2D eigenvalue weighted by Gasteiger charge is 2.19. The van der Waals surface area contributed by atoms with Gasteiger partial charge in [0, 0.05) is 19.3 Å². The molecular formula is C73H124O6. The molecular weight excluding hydrogens is 973 g/mol. The molecule has 6 heteroatoms. The minimum absolute atomic E-state index is 0.0903. The zero-order chi connectivity index (χ0) is 57.1. The zero-order valence-corrected chi connectivity index (χ0v) is 51.9. The third-order valence-electron chi connectivity index (χ3n) is 14.3. The van der Waals surface area contributed by atoms with E-state index in [0.29, 0.717) is 19.3 Å². The third-order valence-corrected chi connectivity index (χ3v) is 14.3. The second-order valence-corrected chi connectivity index (χ2v) is 22.0. The highest BCUT2D eigenvalue weighted by Crippen LogP contribution is 2.16. The van der Waals surface area contributed by atoms with Crippen molar-refractivity contribution in [1.82, 2.24) is 0 Å². The maximum absolute atomic E-state index is 12.9. The standard InChI is InChI=1S/C73H124O6/c1-4-7-10-13-16-19-22-24-26-28-30-32-34-35-36-37-39-40-42-44-46-48-51-54-57-60-63-66-72(75)78-69-70(68-77-71(74)65-62-59-56-53-50-21-18-15-12-9-6-3)79-73(76)67-64-61-58-55-52-49-47-45-43-41-38-33-31-29-27-25-23-20-17-14-11-8-5-2/h7,10,16,19,24,26,29-32,35-36,39-40,44,46,51,54,70H,4-6,8-9,11-15,17-18,20-23,25,27-28,33-34,37-38,41-43,45,47-50,52-53,55-69H2,1-3H3/b10-7-,19-16-,26-24-,31-29-,32-30-,36-35-,40-39-,46-44-,54-51-. The first kappa shape index (κ1) is 75.1. The second kappa shape index (κ2) is 66.6. The van der Waals surface area contributed by atoms with Crippen molar-refractivity contribution in [1.29, 1.82) is 0 Å². The van der Waals surface area contributed by atoms with Crippen molar-refractivity contribution >= 4 is 17.9 Å². The highest BCUT2D eigenvalue weighted by molar-refractivity contribution is 5.71. The number of carbonyl (C=O) groups is 3. The number of esters is 3. The van der Waals surface area contributed by atoms with Crippen LogP contribution < -0.4 is 0 Å². The van der Waals surface area contributed by atoms with Crippen LogP contribution in [-0.4, -0.2) is 37.2 Å². The number of unbranched alkanes of at least 4 members (excludes halogenated alkanes) is 31. The van der Waals surface area contributed by atoms with E-state index >= 15 is 0 Å². The number of allylic oxidation sites excluding steroid dienone is 18. The van der Waals surface area contributed by atoms with Gasteiger partial charge in [0.25, 0.3) is 0 Å². The monoisotopic (exact) mass is 1100 g/mol. The van der Waals surface area contributed by atoms with Crippen molar-refractivity contribution in [2.75, 3.05) is 13.2 Å². The number of carbonyl (C=O) groups excluding carboxylic acids is 3.